The molecule has 0 aliphatic heterocycles. The van der Waals surface area contributed by atoms with Gasteiger partial charge in [0.05, 0.1) is 5.75 Å². The van der Waals surface area contributed by atoms with Gasteiger partial charge in [-0.2, -0.15) is 0 Å². The van der Waals surface area contributed by atoms with Crippen LogP contribution in [0.2, 0.25) is 0 Å². The Hall–Kier alpha value is -1.68. The summed E-state index contributed by atoms with van der Waals surface area (Å²) in [6, 6.07) is 9.52. The van der Waals surface area contributed by atoms with Crippen LogP contribution in [0.25, 0.3) is 0 Å². The van der Waals surface area contributed by atoms with Crippen LogP contribution in [0.4, 0.5) is 0 Å². The molecule has 4 heteroatoms. The van der Waals surface area contributed by atoms with Crippen molar-refractivity contribution in [3.05, 3.63) is 53.9 Å². The highest BCUT2D eigenvalue weighted by molar-refractivity contribution is 7.99. The molecule has 1 aromatic heterocycles. The van der Waals surface area contributed by atoms with E-state index in [1.54, 1.807) is 18.5 Å². The third-order valence-electron chi connectivity index (χ3n) is 2.56. The van der Waals surface area contributed by atoms with Gasteiger partial charge in [-0.1, -0.05) is 43.0 Å². The number of thioether (sulfide) groups is 1. The molecule has 92 valence electrons. The van der Waals surface area contributed by atoms with E-state index in [0.717, 1.165) is 12.0 Å². The molecule has 3 nitrogen and oxygen atoms in total. The highest BCUT2D eigenvalue weighted by atomic mass is 32.2. The van der Waals surface area contributed by atoms with Crippen LogP contribution in [0.5, 0.6) is 0 Å². The van der Waals surface area contributed by atoms with Crippen molar-refractivity contribution >= 4 is 17.5 Å². The zero-order chi connectivity index (χ0) is 12.8. The summed E-state index contributed by atoms with van der Waals surface area (Å²) < 4.78 is 0. The molecule has 0 amide bonds. The standard InChI is InChI=1S/C14H14N2OS/c1-2-11-4-6-12(7-5-11)13(17)10-18-14-15-8-3-9-16-14/h3-9H,2,10H2,1H3. The molecule has 0 radical (unpaired) electrons. The zero-order valence-corrected chi connectivity index (χ0v) is 11.0. The van der Waals surface area contributed by atoms with Crippen LogP contribution in [-0.2, 0) is 6.42 Å². The van der Waals surface area contributed by atoms with E-state index in [-0.39, 0.29) is 5.78 Å². The maximum Gasteiger partial charge on any atom is 0.187 e. The number of carbonyl (C=O) groups is 1. The van der Waals surface area contributed by atoms with Crippen molar-refractivity contribution in [2.45, 2.75) is 18.5 Å². The van der Waals surface area contributed by atoms with Crippen molar-refractivity contribution in [2.75, 3.05) is 5.75 Å². The first-order valence-corrected chi connectivity index (χ1v) is 6.80. The highest BCUT2D eigenvalue weighted by Gasteiger charge is 2.07. The van der Waals surface area contributed by atoms with E-state index in [9.17, 15) is 4.79 Å². The number of aryl methyl sites for hydroxylation is 1. The molecule has 18 heavy (non-hydrogen) atoms. The molecule has 0 saturated carbocycles. The number of carbonyl (C=O) groups excluding carboxylic acids is 1. The molecular weight excluding hydrogens is 244 g/mol. The lowest BCUT2D eigenvalue weighted by atomic mass is 10.1. The average Bonchev–Trinajstić information content (AvgIpc) is 2.46. The number of aromatic nitrogens is 2. The summed E-state index contributed by atoms with van der Waals surface area (Å²) in [4.78, 5) is 20.1. The summed E-state index contributed by atoms with van der Waals surface area (Å²) in [5.41, 5.74) is 1.99. The van der Waals surface area contributed by atoms with Gasteiger partial charge < -0.3 is 0 Å². The number of rotatable bonds is 5. The predicted octanol–water partition coefficient (Wildman–Crippen LogP) is 3.01. The average molecular weight is 258 g/mol. The molecule has 0 saturated heterocycles. The van der Waals surface area contributed by atoms with Crippen LogP contribution in [0, 0.1) is 0 Å². The van der Waals surface area contributed by atoms with E-state index in [4.69, 9.17) is 0 Å². The monoisotopic (exact) mass is 258 g/mol. The van der Waals surface area contributed by atoms with Crippen LogP contribution in [0.1, 0.15) is 22.8 Å². The Labute approximate surface area is 111 Å². The smallest absolute Gasteiger partial charge is 0.187 e. The van der Waals surface area contributed by atoms with Crippen LogP contribution < -0.4 is 0 Å². The Morgan fingerprint density at radius 1 is 1.17 bits per heavy atom. The third kappa shape index (κ3) is 3.40. The van der Waals surface area contributed by atoms with Gasteiger partial charge in [-0.25, -0.2) is 9.97 Å². The minimum Gasteiger partial charge on any atom is -0.293 e. The molecule has 2 aromatic rings. The number of hydrogen-bond donors (Lipinski definition) is 0. The second-order valence-electron chi connectivity index (χ2n) is 3.79. The second-order valence-corrected chi connectivity index (χ2v) is 4.74. The number of nitrogens with zero attached hydrogens (tertiary/aromatic N) is 2. The Morgan fingerprint density at radius 2 is 1.83 bits per heavy atom. The molecule has 2 rings (SSSR count). The molecule has 1 aromatic carbocycles. The Bertz CT molecular complexity index is 511. The van der Waals surface area contributed by atoms with Gasteiger partial charge in [-0.3, -0.25) is 4.79 Å². The topological polar surface area (TPSA) is 42.9 Å². The first kappa shape index (κ1) is 12.8. The third-order valence-corrected chi connectivity index (χ3v) is 3.43. The van der Waals surface area contributed by atoms with Crippen molar-refractivity contribution in [1.29, 1.82) is 0 Å². The summed E-state index contributed by atoms with van der Waals surface area (Å²) in [6.07, 6.45) is 4.34. The lowest BCUT2D eigenvalue weighted by Crippen LogP contribution is -2.03. The van der Waals surface area contributed by atoms with Crippen LogP contribution in [0.15, 0.2) is 47.9 Å². The fourth-order valence-corrected chi connectivity index (χ4v) is 2.20. The molecule has 0 aliphatic carbocycles. The summed E-state index contributed by atoms with van der Waals surface area (Å²) in [7, 11) is 0. The molecule has 1 heterocycles. The molecule has 0 atom stereocenters. The minimum atomic E-state index is 0.107. The summed E-state index contributed by atoms with van der Waals surface area (Å²) >= 11 is 1.36. The van der Waals surface area contributed by atoms with Crippen LogP contribution >= 0.6 is 11.8 Å². The number of hydrogen-bond acceptors (Lipinski definition) is 4. The summed E-state index contributed by atoms with van der Waals surface area (Å²) in [6.45, 7) is 2.10. The van der Waals surface area contributed by atoms with Crippen molar-refractivity contribution in [2.24, 2.45) is 0 Å². The minimum absolute atomic E-state index is 0.107. The van der Waals surface area contributed by atoms with Gasteiger partial charge in [0.2, 0.25) is 0 Å². The van der Waals surface area contributed by atoms with Crippen LogP contribution in [0.3, 0.4) is 0 Å². The molecule has 0 N–H and O–H groups in total. The van der Waals surface area contributed by atoms with E-state index in [1.807, 2.05) is 24.3 Å². The SMILES string of the molecule is CCc1ccc(C(=O)CSc2ncccn2)cc1. The van der Waals surface area contributed by atoms with Crippen LogP contribution in [-0.4, -0.2) is 21.5 Å². The van der Waals surface area contributed by atoms with Crippen molar-refractivity contribution < 1.29 is 4.79 Å². The molecule has 0 unspecified atom stereocenters. The number of Topliss-reactive ketones (excluding diaryl/α,β-unsaturated/α-hetero) is 1. The molecular formula is C14H14N2OS. The first-order valence-electron chi connectivity index (χ1n) is 5.81. The Balaban J connectivity index is 1.95. The molecule has 0 aliphatic rings. The van der Waals surface area contributed by atoms with E-state index >= 15 is 0 Å². The maximum absolute atomic E-state index is 11.9. The van der Waals surface area contributed by atoms with Crippen molar-refractivity contribution in [3.8, 4) is 0 Å². The molecule has 0 fully saturated rings. The normalized spacial score (nSPS) is 10.3. The summed E-state index contributed by atoms with van der Waals surface area (Å²) in [5.74, 6) is 0.477. The van der Waals surface area contributed by atoms with Gasteiger partial charge in [0.15, 0.2) is 10.9 Å². The molecule has 0 spiro atoms. The largest absolute Gasteiger partial charge is 0.293 e. The lowest BCUT2D eigenvalue weighted by molar-refractivity contribution is 0.102. The van der Waals surface area contributed by atoms with E-state index in [2.05, 4.69) is 16.9 Å². The van der Waals surface area contributed by atoms with E-state index in [1.165, 1.54) is 17.3 Å². The van der Waals surface area contributed by atoms with Gasteiger partial charge in [-0.15, -0.1) is 0 Å². The highest BCUT2D eigenvalue weighted by Crippen LogP contribution is 2.14. The number of benzene rings is 1. The fourth-order valence-electron chi connectivity index (χ4n) is 1.50. The van der Waals surface area contributed by atoms with Crippen molar-refractivity contribution in [1.82, 2.24) is 9.97 Å². The Morgan fingerprint density at radius 3 is 2.44 bits per heavy atom. The quantitative estimate of drug-likeness (QED) is 0.470. The van der Waals surface area contributed by atoms with Gasteiger partial charge >= 0.3 is 0 Å². The first-order chi connectivity index (χ1) is 8.79. The zero-order valence-electron chi connectivity index (χ0n) is 10.2. The lowest BCUT2D eigenvalue weighted by Gasteiger charge is -2.01. The fraction of sp³-hybridized carbons (Fsp3) is 0.214. The van der Waals surface area contributed by atoms with E-state index < -0.39 is 0 Å². The number of ketones is 1. The van der Waals surface area contributed by atoms with Gasteiger partial charge in [0.1, 0.15) is 0 Å². The van der Waals surface area contributed by atoms with Gasteiger partial charge in [-0.05, 0) is 18.1 Å². The molecule has 0 bridgehead atoms. The predicted molar refractivity (Wildman–Crippen MR) is 72.9 cm³/mol. The maximum atomic E-state index is 11.9. The summed E-state index contributed by atoms with van der Waals surface area (Å²) in [5, 5.41) is 0.635. The van der Waals surface area contributed by atoms with E-state index in [0.29, 0.717) is 10.9 Å². The van der Waals surface area contributed by atoms with Gasteiger partial charge in [0.25, 0.3) is 0 Å². The Kier molecular flexibility index (Phi) is 4.47. The second kappa shape index (κ2) is 6.31. The van der Waals surface area contributed by atoms with Gasteiger partial charge in [0, 0.05) is 18.0 Å². The van der Waals surface area contributed by atoms with Crippen molar-refractivity contribution in [3.63, 3.8) is 0 Å².